The van der Waals surface area contributed by atoms with Crippen molar-refractivity contribution in [1.29, 1.82) is 0 Å². The quantitative estimate of drug-likeness (QED) is 0.599. The van der Waals surface area contributed by atoms with Crippen molar-refractivity contribution < 1.29 is 9.53 Å². The van der Waals surface area contributed by atoms with E-state index in [2.05, 4.69) is 31.9 Å². The summed E-state index contributed by atoms with van der Waals surface area (Å²) in [4.78, 5) is 12.0. The Labute approximate surface area is 159 Å². The molecule has 4 nitrogen and oxygen atoms in total. The number of carbonyl (C=O) groups excluding carboxylic acids is 1. The van der Waals surface area contributed by atoms with Crippen LogP contribution < -0.4 is 5.32 Å². The fourth-order valence-electron chi connectivity index (χ4n) is 3.03. The van der Waals surface area contributed by atoms with E-state index in [1.165, 1.54) is 5.69 Å². The van der Waals surface area contributed by atoms with E-state index in [9.17, 15) is 4.79 Å². The maximum absolute atomic E-state index is 12.0. The first kappa shape index (κ1) is 17.9. The number of aromatic nitrogens is 1. The molecule has 0 saturated heterocycles. The first-order chi connectivity index (χ1) is 11.2. The lowest BCUT2D eigenvalue weighted by molar-refractivity contribution is 0.0493. The number of hydrogen-bond donors (Lipinski definition) is 1. The number of alkyl carbamates (subject to hydrolysis) is 1. The number of hydrogen-bond acceptors (Lipinski definition) is 2. The van der Waals surface area contributed by atoms with Gasteiger partial charge in [-0.3, -0.25) is 0 Å². The number of ether oxygens (including phenoxy) is 1. The molecule has 0 bridgehead atoms. The number of nitrogens with zero attached hydrogens (tertiary/aromatic N) is 1. The molecule has 0 saturated carbocycles. The second kappa shape index (κ2) is 6.43. The van der Waals surface area contributed by atoms with Crippen molar-refractivity contribution in [3.05, 3.63) is 32.3 Å². The highest BCUT2D eigenvalue weighted by atomic mass is 79.9. The summed E-state index contributed by atoms with van der Waals surface area (Å²) in [6, 6.07) is 3.94. The van der Waals surface area contributed by atoms with Crippen LogP contribution in [0.3, 0.4) is 0 Å². The summed E-state index contributed by atoms with van der Waals surface area (Å²) >= 11 is 16.2. The highest BCUT2D eigenvalue weighted by Gasteiger charge is 2.26. The van der Waals surface area contributed by atoms with Crippen molar-refractivity contribution in [2.24, 2.45) is 0 Å². The Morgan fingerprint density at radius 1 is 1.38 bits per heavy atom. The molecule has 0 aliphatic carbocycles. The van der Waals surface area contributed by atoms with Crippen molar-refractivity contribution >= 4 is 56.1 Å². The number of aryl methyl sites for hydroxylation is 1. The zero-order valence-corrected chi connectivity index (χ0v) is 16.8. The molecule has 1 N–H and O–H groups in total. The number of rotatable bonds is 1. The Kier molecular flexibility index (Phi) is 4.80. The van der Waals surface area contributed by atoms with Crippen LogP contribution in [0.1, 0.15) is 32.9 Å². The minimum absolute atomic E-state index is 0.00299. The minimum Gasteiger partial charge on any atom is -0.444 e. The van der Waals surface area contributed by atoms with Crippen LogP contribution in [0.5, 0.6) is 0 Å². The fraction of sp³-hybridized carbons (Fsp3) is 0.471. The fourth-order valence-corrected chi connectivity index (χ4v) is 4.15. The van der Waals surface area contributed by atoms with Crippen LogP contribution in [-0.4, -0.2) is 22.3 Å². The van der Waals surface area contributed by atoms with E-state index < -0.39 is 11.7 Å². The monoisotopic (exact) mass is 432 g/mol. The first-order valence-electron chi connectivity index (χ1n) is 7.81. The summed E-state index contributed by atoms with van der Waals surface area (Å²) in [5.74, 6) is 0. The summed E-state index contributed by atoms with van der Waals surface area (Å²) in [5.41, 5.74) is 1.59. The van der Waals surface area contributed by atoms with Gasteiger partial charge in [0.25, 0.3) is 0 Å². The van der Waals surface area contributed by atoms with Crippen molar-refractivity contribution in [2.75, 3.05) is 0 Å². The Morgan fingerprint density at radius 2 is 2.08 bits per heavy atom. The van der Waals surface area contributed by atoms with Crippen LogP contribution in [-0.2, 0) is 17.7 Å². The molecule has 1 atom stereocenters. The Morgan fingerprint density at radius 3 is 2.75 bits per heavy atom. The molecule has 130 valence electrons. The molecule has 0 spiro atoms. The van der Waals surface area contributed by atoms with E-state index in [-0.39, 0.29) is 6.04 Å². The van der Waals surface area contributed by atoms with Crippen LogP contribution in [0.4, 0.5) is 4.79 Å². The van der Waals surface area contributed by atoms with Gasteiger partial charge in [0, 0.05) is 22.1 Å². The first-order valence-corrected chi connectivity index (χ1v) is 9.36. The number of nitrogens with one attached hydrogen (secondary N) is 1. The van der Waals surface area contributed by atoms with Crippen LogP contribution in [0, 0.1) is 0 Å². The van der Waals surface area contributed by atoms with Gasteiger partial charge in [-0.25, -0.2) is 4.79 Å². The van der Waals surface area contributed by atoms with Crippen molar-refractivity contribution in [1.82, 2.24) is 9.88 Å². The van der Waals surface area contributed by atoms with Gasteiger partial charge < -0.3 is 14.6 Å². The third kappa shape index (κ3) is 3.53. The van der Waals surface area contributed by atoms with Crippen LogP contribution >= 0.6 is 39.1 Å². The predicted molar refractivity (Wildman–Crippen MR) is 101 cm³/mol. The SMILES string of the molecule is CC(C)(C)OC(=O)NC1CCc2cc3c(Br)cc(Cl)c(Cl)c3n2C1. The number of carbonyl (C=O) groups is 1. The molecule has 7 heteroatoms. The number of benzene rings is 1. The maximum Gasteiger partial charge on any atom is 0.407 e. The van der Waals surface area contributed by atoms with Gasteiger partial charge in [-0.2, -0.15) is 0 Å². The molecule has 0 fully saturated rings. The van der Waals surface area contributed by atoms with Crippen LogP contribution in [0.2, 0.25) is 10.0 Å². The Balaban J connectivity index is 1.88. The molecule has 2 aromatic rings. The smallest absolute Gasteiger partial charge is 0.407 e. The predicted octanol–water partition coefficient (Wildman–Crippen LogP) is 5.55. The lowest BCUT2D eigenvalue weighted by Crippen LogP contribution is -2.43. The number of amides is 1. The molecule has 24 heavy (non-hydrogen) atoms. The van der Waals surface area contributed by atoms with E-state index in [1.807, 2.05) is 26.8 Å². The average molecular weight is 434 g/mol. The molecule has 1 unspecified atom stereocenters. The van der Waals surface area contributed by atoms with Gasteiger partial charge in [-0.15, -0.1) is 0 Å². The Bertz CT molecular complexity index is 811. The van der Waals surface area contributed by atoms with Gasteiger partial charge in [-0.05, 0) is 45.7 Å². The zero-order chi connectivity index (χ0) is 17.6. The van der Waals surface area contributed by atoms with Crippen LogP contribution in [0.25, 0.3) is 10.9 Å². The molecular formula is C17H19BrCl2N2O2. The molecule has 1 aliphatic rings. The summed E-state index contributed by atoms with van der Waals surface area (Å²) < 4.78 is 8.41. The lowest BCUT2D eigenvalue weighted by atomic mass is 10.1. The molecule has 1 amide bonds. The van der Waals surface area contributed by atoms with Gasteiger partial charge in [0.2, 0.25) is 0 Å². The second-order valence-corrected chi connectivity index (χ2v) is 8.68. The summed E-state index contributed by atoms with van der Waals surface area (Å²) in [6.45, 7) is 6.20. The largest absolute Gasteiger partial charge is 0.444 e. The summed E-state index contributed by atoms with van der Waals surface area (Å²) in [6.07, 6.45) is 1.33. The van der Waals surface area contributed by atoms with Gasteiger partial charge in [0.15, 0.2) is 0 Å². The highest BCUT2D eigenvalue weighted by molar-refractivity contribution is 9.10. The van der Waals surface area contributed by atoms with Gasteiger partial charge >= 0.3 is 6.09 Å². The third-order valence-corrected chi connectivity index (χ3v) is 5.42. The van der Waals surface area contributed by atoms with Gasteiger partial charge in [0.1, 0.15) is 5.60 Å². The van der Waals surface area contributed by atoms with Gasteiger partial charge in [-0.1, -0.05) is 39.1 Å². The molecular weight excluding hydrogens is 415 g/mol. The van der Waals surface area contributed by atoms with E-state index in [4.69, 9.17) is 27.9 Å². The molecule has 0 radical (unpaired) electrons. The molecule has 1 aromatic heterocycles. The van der Waals surface area contributed by atoms with Crippen molar-refractivity contribution in [2.45, 2.75) is 51.8 Å². The summed E-state index contributed by atoms with van der Waals surface area (Å²) in [5, 5.41) is 5.04. The summed E-state index contributed by atoms with van der Waals surface area (Å²) in [7, 11) is 0. The van der Waals surface area contributed by atoms with E-state index >= 15 is 0 Å². The van der Waals surface area contributed by atoms with Gasteiger partial charge in [0.05, 0.1) is 21.6 Å². The highest BCUT2D eigenvalue weighted by Crippen LogP contribution is 2.39. The zero-order valence-electron chi connectivity index (χ0n) is 13.8. The topological polar surface area (TPSA) is 43.3 Å². The number of halogens is 3. The molecule has 1 aliphatic heterocycles. The minimum atomic E-state index is -0.508. The second-order valence-electron chi connectivity index (χ2n) is 7.04. The van der Waals surface area contributed by atoms with E-state index in [0.717, 1.165) is 28.2 Å². The molecule has 3 rings (SSSR count). The Hall–Kier alpha value is -0.910. The lowest BCUT2D eigenvalue weighted by Gasteiger charge is -2.28. The maximum atomic E-state index is 12.0. The van der Waals surface area contributed by atoms with Crippen molar-refractivity contribution in [3.63, 3.8) is 0 Å². The molecule has 1 aromatic carbocycles. The standard InChI is InChI=1S/C17H19BrCl2N2O2/c1-17(2,3)24-16(23)21-9-4-5-10-6-11-12(18)7-13(19)14(20)15(11)22(10)8-9/h6-7,9H,4-5,8H2,1-3H3,(H,21,23). The van der Waals surface area contributed by atoms with Crippen molar-refractivity contribution in [3.8, 4) is 0 Å². The molecule has 2 heterocycles. The van der Waals surface area contributed by atoms with Crippen LogP contribution in [0.15, 0.2) is 16.6 Å². The third-order valence-electron chi connectivity index (χ3n) is 3.98. The van der Waals surface area contributed by atoms with E-state index in [0.29, 0.717) is 16.6 Å². The number of fused-ring (bicyclic) bond motifs is 3. The van der Waals surface area contributed by atoms with E-state index in [1.54, 1.807) is 0 Å². The average Bonchev–Trinajstić information content (AvgIpc) is 2.82. The normalized spacial score (nSPS) is 17.7.